The number of aromatic nitrogens is 2. The van der Waals surface area contributed by atoms with Crippen molar-refractivity contribution in [2.45, 2.75) is 76.4 Å². The van der Waals surface area contributed by atoms with Gasteiger partial charge < -0.3 is 15.0 Å². The van der Waals surface area contributed by atoms with Gasteiger partial charge in [-0.05, 0) is 50.4 Å². The van der Waals surface area contributed by atoms with Crippen LogP contribution < -0.4 is 5.73 Å². The van der Waals surface area contributed by atoms with E-state index in [4.69, 9.17) is 15.0 Å². The average molecular weight is 293 g/mol. The first-order chi connectivity index (χ1) is 9.94. The molecule has 2 unspecified atom stereocenters. The molecular weight excluding hydrogens is 266 g/mol. The van der Waals surface area contributed by atoms with Gasteiger partial charge in [0.25, 0.3) is 0 Å². The zero-order valence-corrected chi connectivity index (χ0v) is 13.4. The lowest BCUT2D eigenvalue weighted by Crippen LogP contribution is -2.37. The summed E-state index contributed by atoms with van der Waals surface area (Å²) in [6.07, 6.45) is 7.22. The highest BCUT2D eigenvalue weighted by molar-refractivity contribution is 5.08. The van der Waals surface area contributed by atoms with Crippen molar-refractivity contribution >= 4 is 0 Å². The van der Waals surface area contributed by atoms with Crippen molar-refractivity contribution in [3.8, 4) is 0 Å². The Bertz CT molecular complexity index is 487. The van der Waals surface area contributed by atoms with Crippen LogP contribution in [0.2, 0.25) is 0 Å². The van der Waals surface area contributed by atoms with Gasteiger partial charge in [0.2, 0.25) is 11.7 Å². The molecule has 2 atom stereocenters. The van der Waals surface area contributed by atoms with Gasteiger partial charge in [0, 0.05) is 19.1 Å². The molecule has 2 N–H and O–H groups in total. The normalized spacial score (nSPS) is 31.4. The summed E-state index contributed by atoms with van der Waals surface area (Å²) in [6, 6.07) is 0.275. The molecule has 0 amide bonds. The molecule has 0 spiro atoms. The van der Waals surface area contributed by atoms with Gasteiger partial charge in [0.05, 0.1) is 0 Å². The predicted molar refractivity (Wildman–Crippen MR) is 79.8 cm³/mol. The summed E-state index contributed by atoms with van der Waals surface area (Å²) in [5.74, 6) is 1.81. The van der Waals surface area contributed by atoms with Crippen LogP contribution in [0.4, 0.5) is 0 Å². The van der Waals surface area contributed by atoms with Crippen LogP contribution in [-0.4, -0.2) is 23.3 Å². The molecule has 1 aromatic rings. The Kier molecular flexibility index (Phi) is 3.82. The molecule has 0 aliphatic heterocycles. The average Bonchev–Trinajstić information content (AvgIpc) is 3.08. The Labute approximate surface area is 126 Å². The lowest BCUT2D eigenvalue weighted by Gasteiger charge is -2.40. The molecule has 0 saturated heterocycles. The van der Waals surface area contributed by atoms with Crippen molar-refractivity contribution in [2.24, 2.45) is 11.1 Å². The number of hydrogen-bond donors (Lipinski definition) is 1. The van der Waals surface area contributed by atoms with E-state index in [1.54, 1.807) is 7.11 Å². The van der Waals surface area contributed by atoms with Crippen LogP contribution in [0.1, 0.15) is 76.4 Å². The van der Waals surface area contributed by atoms with E-state index < -0.39 is 0 Å². The summed E-state index contributed by atoms with van der Waals surface area (Å²) < 4.78 is 11.4. The van der Waals surface area contributed by atoms with Crippen LogP contribution in [0, 0.1) is 5.41 Å². The van der Waals surface area contributed by atoms with Crippen molar-refractivity contribution < 1.29 is 9.26 Å². The van der Waals surface area contributed by atoms with Gasteiger partial charge in [0.15, 0.2) is 0 Å². The molecule has 0 bridgehead atoms. The minimum absolute atomic E-state index is 0.275. The van der Waals surface area contributed by atoms with Crippen LogP contribution in [0.5, 0.6) is 0 Å². The molecular formula is C16H27N3O2. The zero-order chi connectivity index (χ0) is 15.1. The van der Waals surface area contributed by atoms with Crippen LogP contribution in [0.3, 0.4) is 0 Å². The summed E-state index contributed by atoms with van der Waals surface area (Å²) in [4.78, 5) is 4.68. The van der Waals surface area contributed by atoms with Crippen LogP contribution in [-0.2, 0) is 10.3 Å². The van der Waals surface area contributed by atoms with Gasteiger partial charge in [0.1, 0.15) is 5.60 Å². The van der Waals surface area contributed by atoms with Gasteiger partial charge in [-0.15, -0.1) is 0 Å². The molecule has 0 radical (unpaired) electrons. The molecule has 118 valence electrons. The number of nitrogens with two attached hydrogens (primary N) is 1. The highest BCUT2D eigenvalue weighted by Gasteiger charge is 2.43. The van der Waals surface area contributed by atoms with Crippen molar-refractivity contribution in [2.75, 3.05) is 7.11 Å². The van der Waals surface area contributed by atoms with Crippen LogP contribution >= 0.6 is 0 Å². The zero-order valence-electron chi connectivity index (χ0n) is 13.4. The van der Waals surface area contributed by atoms with Crippen molar-refractivity contribution in [1.29, 1.82) is 0 Å². The maximum atomic E-state index is 5.98. The fraction of sp³-hybridized carbons (Fsp3) is 0.875. The number of rotatable bonds is 3. The van der Waals surface area contributed by atoms with E-state index in [0.717, 1.165) is 56.7 Å². The Morgan fingerprint density at radius 3 is 2.48 bits per heavy atom. The summed E-state index contributed by atoms with van der Waals surface area (Å²) >= 11 is 0. The molecule has 2 aliphatic carbocycles. The number of hydrogen-bond acceptors (Lipinski definition) is 5. The lowest BCUT2D eigenvalue weighted by molar-refractivity contribution is -0.0740. The predicted octanol–water partition coefficient (Wildman–Crippen LogP) is 3.11. The molecule has 2 fully saturated rings. The van der Waals surface area contributed by atoms with Gasteiger partial charge in [-0.2, -0.15) is 4.98 Å². The largest absolute Gasteiger partial charge is 0.370 e. The minimum atomic E-state index is -0.363. The summed E-state index contributed by atoms with van der Waals surface area (Å²) in [5, 5.41) is 4.25. The summed E-state index contributed by atoms with van der Waals surface area (Å²) in [7, 11) is 1.76. The molecule has 5 heteroatoms. The monoisotopic (exact) mass is 293 g/mol. The third kappa shape index (κ3) is 2.86. The molecule has 2 aliphatic rings. The minimum Gasteiger partial charge on any atom is -0.370 e. The smallest absolute Gasteiger partial charge is 0.229 e. The summed E-state index contributed by atoms with van der Waals surface area (Å²) in [5.41, 5.74) is 6.00. The Morgan fingerprint density at radius 2 is 1.90 bits per heavy atom. The van der Waals surface area contributed by atoms with Crippen LogP contribution in [0.15, 0.2) is 4.52 Å². The topological polar surface area (TPSA) is 74.2 Å². The second kappa shape index (κ2) is 5.36. The summed E-state index contributed by atoms with van der Waals surface area (Å²) in [6.45, 7) is 4.63. The first-order valence-electron chi connectivity index (χ1n) is 8.09. The number of methoxy groups -OCH3 is 1. The highest BCUT2D eigenvalue weighted by Crippen LogP contribution is 2.46. The lowest BCUT2D eigenvalue weighted by atomic mass is 9.70. The van der Waals surface area contributed by atoms with Gasteiger partial charge in [-0.3, -0.25) is 0 Å². The molecule has 3 rings (SSSR count). The molecule has 2 saturated carbocycles. The first-order valence-corrected chi connectivity index (χ1v) is 8.09. The number of nitrogens with zero attached hydrogens (tertiary/aromatic N) is 2. The molecule has 1 aromatic heterocycles. The third-order valence-electron chi connectivity index (χ3n) is 5.47. The van der Waals surface area contributed by atoms with Crippen molar-refractivity contribution in [1.82, 2.24) is 10.1 Å². The van der Waals surface area contributed by atoms with Gasteiger partial charge in [-0.25, -0.2) is 0 Å². The van der Waals surface area contributed by atoms with Gasteiger partial charge >= 0.3 is 0 Å². The van der Waals surface area contributed by atoms with E-state index >= 15 is 0 Å². The van der Waals surface area contributed by atoms with E-state index in [2.05, 4.69) is 24.0 Å². The Hall–Kier alpha value is -0.940. The van der Waals surface area contributed by atoms with E-state index in [1.807, 2.05) is 0 Å². The fourth-order valence-electron chi connectivity index (χ4n) is 3.68. The van der Waals surface area contributed by atoms with Crippen LogP contribution in [0.25, 0.3) is 0 Å². The maximum absolute atomic E-state index is 5.98. The van der Waals surface area contributed by atoms with E-state index in [1.165, 1.54) is 0 Å². The van der Waals surface area contributed by atoms with E-state index in [9.17, 15) is 0 Å². The SMILES string of the molecule is COC1(c2noc(C3CCC(N)C3)n2)CCC(C)(C)CC1. The van der Waals surface area contributed by atoms with E-state index in [0.29, 0.717) is 11.3 Å². The highest BCUT2D eigenvalue weighted by atomic mass is 16.5. The molecule has 5 nitrogen and oxygen atoms in total. The fourth-order valence-corrected chi connectivity index (χ4v) is 3.68. The Balaban J connectivity index is 1.78. The van der Waals surface area contributed by atoms with Crippen molar-refractivity contribution in [3.63, 3.8) is 0 Å². The quantitative estimate of drug-likeness (QED) is 0.927. The first kappa shape index (κ1) is 15.0. The second-order valence-electron chi connectivity index (χ2n) is 7.59. The third-order valence-corrected chi connectivity index (χ3v) is 5.47. The second-order valence-corrected chi connectivity index (χ2v) is 7.59. The van der Waals surface area contributed by atoms with Crippen molar-refractivity contribution in [3.05, 3.63) is 11.7 Å². The van der Waals surface area contributed by atoms with E-state index in [-0.39, 0.29) is 11.6 Å². The Morgan fingerprint density at radius 1 is 1.19 bits per heavy atom. The van der Waals surface area contributed by atoms with Gasteiger partial charge in [-0.1, -0.05) is 19.0 Å². The number of ether oxygens (including phenoxy) is 1. The standard InChI is InChI=1S/C16H27N3O2/c1-15(2)6-8-16(20-3,9-7-15)14-18-13(21-19-14)11-4-5-12(17)10-11/h11-12H,4-10,17H2,1-3H3. The molecule has 0 aromatic carbocycles. The maximum Gasteiger partial charge on any atom is 0.229 e. The molecule has 1 heterocycles. The molecule has 21 heavy (non-hydrogen) atoms.